The smallest absolute Gasteiger partial charge is 0.242 e. The molecule has 12 heavy (non-hydrogen) atoms. The third-order valence-corrected chi connectivity index (χ3v) is 1.41. The molecular formula is C10H10NO. The zero-order valence-electron chi connectivity index (χ0n) is 6.66. The van der Waals surface area contributed by atoms with E-state index in [1.54, 1.807) is 6.08 Å². The van der Waals surface area contributed by atoms with Crippen molar-refractivity contribution in [2.45, 2.75) is 6.42 Å². The second-order valence-corrected chi connectivity index (χ2v) is 2.44. The van der Waals surface area contributed by atoms with Gasteiger partial charge in [-0.15, -0.1) is 0 Å². The first-order chi connectivity index (χ1) is 5.79. The van der Waals surface area contributed by atoms with E-state index in [1.807, 2.05) is 36.4 Å². The maximum atomic E-state index is 10.2. The van der Waals surface area contributed by atoms with E-state index in [-0.39, 0.29) is 6.42 Å². The monoisotopic (exact) mass is 160 g/mol. The molecule has 0 saturated heterocycles. The van der Waals surface area contributed by atoms with E-state index in [9.17, 15) is 4.79 Å². The lowest BCUT2D eigenvalue weighted by molar-refractivity contribution is -0.117. The molecular weight excluding hydrogens is 150 g/mol. The number of rotatable bonds is 3. The summed E-state index contributed by atoms with van der Waals surface area (Å²) in [5, 5.41) is 0. The molecule has 0 unspecified atom stereocenters. The van der Waals surface area contributed by atoms with E-state index in [0.29, 0.717) is 0 Å². The van der Waals surface area contributed by atoms with Crippen LogP contribution < -0.4 is 5.73 Å². The maximum absolute atomic E-state index is 10.2. The van der Waals surface area contributed by atoms with Gasteiger partial charge in [0.1, 0.15) is 0 Å². The van der Waals surface area contributed by atoms with Gasteiger partial charge < -0.3 is 0 Å². The summed E-state index contributed by atoms with van der Waals surface area (Å²) in [5.41, 5.74) is 7.71. The number of hydrogen-bond donors (Lipinski definition) is 0. The molecule has 0 atom stereocenters. The molecule has 0 bridgehead atoms. The van der Waals surface area contributed by atoms with E-state index in [0.717, 1.165) is 5.56 Å². The summed E-state index contributed by atoms with van der Waals surface area (Å²) in [5.74, 6) is -0.554. The van der Waals surface area contributed by atoms with Gasteiger partial charge in [-0.1, -0.05) is 42.5 Å². The fourth-order valence-corrected chi connectivity index (χ4v) is 0.866. The summed E-state index contributed by atoms with van der Waals surface area (Å²) in [6, 6.07) is 9.70. The van der Waals surface area contributed by atoms with Gasteiger partial charge in [0, 0.05) is 6.42 Å². The van der Waals surface area contributed by atoms with Crippen LogP contribution in [0.5, 0.6) is 0 Å². The van der Waals surface area contributed by atoms with Crippen LogP contribution in [0.4, 0.5) is 0 Å². The van der Waals surface area contributed by atoms with Crippen LogP contribution in [0.3, 0.4) is 0 Å². The molecule has 0 aliphatic rings. The Hall–Kier alpha value is -1.57. The molecule has 2 heteroatoms. The van der Waals surface area contributed by atoms with Gasteiger partial charge in [0.15, 0.2) is 0 Å². The predicted molar refractivity (Wildman–Crippen MR) is 48.2 cm³/mol. The molecule has 0 saturated carbocycles. The minimum Gasteiger partial charge on any atom is -0.273 e. The highest BCUT2D eigenvalue weighted by Gasteiger charge is 1.87. The van der Waals surface area contributed by atoms with Gasteiger partial charge in [0.05, 0.1) is 0 Å². The molecule has 1 rings (SSSR count). The van der Waals surface area contributed by atoms with E-state index in [4.69, 9.17) is 5.73 Å². The quantitative estimate of drug-likeness (QED) is 0.665. The Labute approximate surface area is 71.7 Å². The Balaban J connectivity index is 2.52. The molecule has 0 spiro atoms. The summed E-state index contributed by atoms with van der Waals surface area (Å²) in [7, 11) is 0. The normalized spacial score (nSPS) is 10.3. The van der Waals surface area contributed by atoms with Crippen LogP contribution in [0.1, 0.15) is 12.0 Å². The molecule has 1 radical (unpaired) electrons. The first kappa shape index (κ1) is 8.53. The van der Waals surface area contributed by atoms with Crippen molar-refractivity contribution in [2.24, 2.45) is 0 Å². The van der Waals surface area contributed by atoms with Crippen molar-refractivity contribution < 1.29 is 4.79 Å². The first-order valence-corrected chi connectivity index (χ1v) is 3.75. The third kappa shape index (κ3) is 3.01. The molecule has 0 aliphatic heterocycles. The number of amides is 1. The van der Waals surface area contributed by atoms with Crippen LogP contribution in [-0.2, 0) is 4.79 Å². The van der Waals surface area contributed by atoms with Crippen LogP contribution >= 0.6 is 0 Å². The molecule has 1 amide bonds. The zero-order chi connectivity index (χ0) is 8.81. The molecule has 1 N–H and O–H groups in total. The summed E-state index contributed by atoms with van der Waals surface area (Å²) in [6.45, 7) is 0. The number of carbonyl (C=O) groups excluding carboxylic acids is 1. The van der Waals surface area contributed by atoms with Crippen LogP contribution in [-0.4, -0.2) is 5.91 Å². The van der Waals surface area contributed by atoms with Crippen molar-refractivity contribution >= 4 is 12.0 Å². The molecule has 1 aromatic carbocycles. The van der Waals surface area contributed by atoms with Crippen LogP contribution in [0.25, 0.3) is 6.08 Å². The van der Waals surface area contributed by atoms with Gasteiger partial charge >= 0.3 is 0 Å². The molecule has 0 fully saturated rings. The van der Waals surface area contributed by atoms with Gasteiger partial charge in [-0.25, -0.2) is 0 Å². The average molecular weight is 160 g/mol. The Kier molecular flexibility index (Phi) is 3.08. The average Bonchev–Trinajstić information content (AvgIpc) is 2.05. The lowest BCUT2D eigenvalue weighted by Gasteiger charge is -1.89. The van der Waals surface area contributed by atoms with Crippen molar-refractivity contribution in [2.75, 3.05) is 0 Å². The van der Waals surface area contributed by atoms with E-state index in [2.05, 4.69) is 0 Å². The minimum absolute atomic E-state index is 0.189. The minimum atomic E-state index is -0.554. The predicted octanol–water partition coefficient (Wildman–Crippen LogP) is 1.90. The summed E-state index contributed by atoms with van der Waals surface area (Å²) in [4.78, 5) is 10.2. The first-order valence-electron chi connectivity index (χ1n) is 3.75. The fraction of sp³-hybridized carbons (Fsp3) is 0.100. The molecule has 0 aromatic heterocycles. The van der Waals surface area contributed by atoms with E-state index >= 15 is 0 Å². The van der Waals surface area contributed by atoms with Crippen LogP contribution in [0.15, 0.2) is 36.4 Å². The standard InChI is InChI=1S/C10H10NO/c11-10(12)8-4-7-9-5-2-1-3-6-9/h1-7,11H,8H2. The molecule has 0 heterocycles. The largest absolute Gasteiger partial charge is 0.273 e. The number of hydrogen-bond acceptors (Lipinski definition) is 1. The van der Waals surface area contributed by atoms with Crippen LogP contribution in [0.2, 0.25) is 0 Å². The van der Waals surface area contributed by atoms with Crippen molar-refractivity contribution in [1.82, 2.24) is 5.73 Å². The van der Waals surface area contributed by atoms with Gasteiger partial charge in [0.2, 0.25) is 5.91 Å². The second kappa shape index (κ2) is 4.34. The van der Waals surface area contributed by atoms with Gasteiger partial charge in [-0.2, -0.15) is 0 Å². The highest BCUT2D eigenvalue weighted by molar-refractivity contribution is 5.75. The third-order valence-electron chi connectivity index (χ3n) is 1.41. The van der Waals surface area contributed by atoms with Crippen molar-refractivity contribution in [3.8, 4) is 0 Å². The molecule has 0 aliphatic carbocycles. The number of benzene rings is 1. The lowest BCUT2D eigenvalue weighted by atomic mass is 10.2. The highest BCUT2D eigenvalue weighted by Crippen LogP contribution is 2.01. The van der Waals surface area contributed by atoms with Crippen molar-refractivity contribution in [1.29, 1.82) is 0 Å². The Bertz CT molecular complexity index is 277. The Morgan fingerprint density at radius 3 is 2.58 bits per heavy atom. The van der Waals surface area contributed by atoms with Crippen molar-refractivity contribution in [3.63, 3.8) is 0 Å². The van der Waals surface area contributed by atoms with E-state index < -0.39 is 5.91 Å². The fourth-order valence-electron chi connectivity index (χ4n) is 0.866. The lowest BCUT2D eigenvalue weighted by Crippen LogP contribution is -1.92. The van der Waals surface area contributed by atoms with Crippen LogP contribution in [0, 0.1) is 0 Å². The summed E-state index contributed by atoms with van der Waals surface area (Å²) >= 11 is 0. The van der Waals surface area contributed by atoms with Gasteiger partial charge in [-0.3, -0.25) is 10.5 Å². The highest BCUT2D eigenvalue weighted by atomic mass is 16.1. The zero-order valence-corrected chi connectivity index (χ0v) is 6.66. The molecule has 61 valence electrons. The number of carbonyl (C=O) groups is 1. The SMILES string of the molecule is [NH]C(=O)CC=Cc1ccccc1. The number of nitrogens with one attached hydrogen (secondary N) is 1. The van der Waals surface area contributed by atoms with Gasteiger partial charge in [-0.05, 0) is 5.56 Å². The van der Waals surface area contributed by atoms with Gasteiger partial charge in [0.25, 0.3) is 0 Å². The summed E-state index contributed by atoms with van der Waals surface area (Å²) < 4.78 is 0. The van der Waals surface area contributed by atoms with E-state index in [1.165, 1.54) is 0 Å². The molecule has 1 aromatic rings. The Morgan fingerprint density at radius 1 is 1.33 bits per heavy atom. The maximum Gasteiger partial charge on any atom is 0.242 e. The Morgan fingerprint density at radius 2 is 2.00 bits per heavy atom. The second-order valence-electron chi connectivity index (χ2n) is 2.44. The topological polar surface area (TPSA) is 40.9 Å². The van der Waals surface area contributed by atoms with Crippen molar-refractivity contribution in [3.05, 3.63) is 42.0 Å². The molecule has 2 nitrogen and oxygen atoms in total. The summed E-state index contributed by atoms with van der Waals surface area (Å²) in [6.07, 6.45) is 3.73.